The third kappa shape index (κ3) is 4.47. The predicted molar refractivity (Wildman–Crippen MR) is 105 cm³/mol. The zero-order valence-corrected chi connectivity index (χ0v) is 15.5. The third-order valence-corrected chi connectivity index (χ3v) is 4.02. The van der Waals surface area contributed by atoms with Crippen molar-refractivity contribution in [3.63, 3.8) is 0 Å². The fourth-order valence-electron chi connectivity index (χ4n) is 2.68. The largest absolute Gasteiger partial charge is 0.338 e. The molecule has 0 saturated carbocycles. The van der Waals surface area contributed by atoms with E-state index in [0.717, 1.165) is 11.3 Å². The Bertz CT molecular complexity index is 966. The molecule has 0 saturated heterocycles. The molecule has 1 amide bonds. The number of halogens is 1. The van der Waals surface area contributed by atoms with Gasteiger partial charge in [0.1, 0.15) is 23.7 Å². The number of aromatic nitrogens is 2. The van der Waals surface area contributed by atoms with Crippen molar-refractivity contribution in [3.8, 4) is 0 Å². The number of benzene rings is 2. The highest BCUT2D eigenvalue weighted by molar-refractivity contribution is 6.03. The molecule has 0 aliphatic rings. The molecule has 3 rings (SSSR count). The van der Waals surface area contributed by atoms with E-state index in [4.69, 9.17) is 0 Å². The summed E-state index contributed by atoms with van der Waals surface area (Å²) in [5, 5.41) is 5.77. The summed E-state index contributed by atoms with van der Waals surface area (Å²) in [6, 6.07) is 15.4. The second-order valence-corrected chi connectivity index (χ2v) is 7.14. The molecule has 0 aliphatic heterocycles. The summed E-state index contributed by atoms with van der Waals surface area (Å²) >= 11 is 0. The van der Waals surface area contributed by atoms with E-state index < -0.39 is 5.82 Å². The second-order valence-electron chi connectivity index (χ2n) is 7.14. The summed E-state index contributed by atoms with van der Waals surface area (Å²) in [4.78, 5) is 20.7. The van der Waals surface area contributed by atoms with Gasteiger partial charge in [-0.1, -0.05) is 51.1 Å². The van der Waals surface area contributed by atoms with Gasteiger partial charge in [0, 0.05) is 11.8 Å². The first-order valence-electron chi connectivity index (χ1n) is 8.59. The number of rotatable bonds is 4. The Morgan fingerprint density at radius 1 is 0.963 bits per heavy atom. The van der Waals surface area contributed by atoms with Crippen LogP contribution in [0.15, 0.2) is 60.9 Å². The number of hydrogen-bond acceptors (Lipinski definition) is 4. The Balaban J connectivity index is 1.82. The molecule has 0 aliphatic carbocycles. The van der Waals surface area contributed by atoms with Gasteiger partial charge in [-0.15, -0.1) is 0 Å². The molecule has 1 heterocycles. The Kier molecular flexibility index (Phi) is 5.16. The summed E-state index contributed by atoms with van der Waals surface area (Å²) in [5.74, 6) is -0.420. The van der Waals surface area contributed by atoms with E-state index in [1.54, 1.807) is 18.2 Å². The molecule has 0 fully saturated rings. The number of carbonyl (C=O) groups excluding carboxylic acids is 1. The maximum atomic E-state index is 13.8. The molecule has 0 radical (unpaired) electrons. The van der Waals surface area contributed by atoms with Gasteiger partial charge in [-0.05, 0) is 29.2 Å². The molecular formula is C21H21FN4O. The van der Waals surface area contributed by atoms with Gasteiger partial charge >= 0.3 is 0 Å². The molecule has 2 N–H and O–H groups in total. The molecule has 138 valence electrons. The summed E-state index contributed by atoms with van der Waals surface area (Å²) in [7, 11) is 0. The Morgan fingerprint density at radius 3 is 2.33 bits per heavy atom. The van der Waals surface area contributed by atoms with Crippen LogP contribution in [0.4, 0.5) is 21.6 Å². The van der Waals surface area contributed by atoms with Crippen molar-refractivity contribution in [2.45, 2.75) is 26.2 Å². The highest BCUT2D eigenvalue weighted by Gasteiger charge is 2.19. The smallest absolute Gasteiger partial charge is 0.274 e. The minimum absolute atomic E-state index is 0.118. The van der Waals surface area contributed by atoms with Crippen LogP contribution >= 0.6 is 0 Å². The summed E-state index contributed by atoms with van der Waals surface area (Å²) in [6.45, 7) is 6.25. The Labute approximate surface area is 157 Å². The van der Waals surface area contributed by atoms with Gasteiger partial charge < -0.3 is 10.6 Å². The fourth-order valence-corrected chi connectivity index (χ4v) is 2.68. The van der Waals surface area contributed by atoms with E-state index in [1.165, 1.54) is 18.5 Å². The number of anilines is 3. The molecule has 5 nitrogen and oxygen atoms in total. The minimum atomic E-state index is -0.402. The average Bonchev–Trinajstić information content (AvgIpc) is 2.63. The van der Waals surface area contributed by atoms with Crippen LogP contribution in [0.1, 0.15) is 36.8 Å². The van der Waals surface area contributed by atoms with Crippen LogP contribution in [-0.4, -0.2) is 15.9 Å². The van der Waals surface area contributed by atoms with Crippen molar-refractivity contribution in [3.05, 3.63) is 78.0 Å². The molecule has 6 heteroatoms. The number of para-hydroxylation sites is 2. The van der Waals surface area contributed by atoms with Crippen molar-refractivity contribution in [2.24, 2.45) is 0 Å². The lowest BCUT2D eigenvalue weighted by Crippen LogP contribution is -2.19. The number of carbonyl (C=O) groups is 1. The van der Waals surface area contributed by atoms with E-state index >= 15 is 0 Å². The second kappa shape index (κ2) is 7.53. The normalized spacial score (nSPS) is 11.1. The van der Waals surface area contributed by atoms with Crippen LogP contribution in [-0.2, 0) is 5.41 Å². The lowest BCUT2D eigenvalue weighted by molar-refractivity contribution is 0.102. The Morgan fingerprint density at radius 2 is 1.63 bits per heavy atom. The van der Waals surface area contributed by atoms with E-state index in [1.807, 2.05) is 24.3 Å². The molecule has 0 unspecified atom stereocenters. The molecule has 27 heavy (non-hydrogen) atoms. The quantitative estimate of drug-likeness (QED) is 0.690. The maximum Gasteiger partial charge on any atom is 0.274 e. The average molecular weight is 364 g/mol. The first kappa shape index (κ1) is 18.5. The lowest BCUT2D eigenvalue weighted by Gasteiger charge is -2.22. The topological polar surface area (TPSA) is 66.9 Å². The zero-order valence-electron chi connectivity index (χ0n) is 15.5. The Hall–Kier alpha value is -3.28. The molecule has 0 atom stereocenters. The molecule has 1 aromatic heterocycles. The number of hydrogen-bond donors (Lipinski definition) is 2. The lowest BCUT2D eigenvalue weighted by atomic mass is 9.86. The van der Waals surface area contributed by atoms with Gasteiger partial charge in [0.25, 0.3) is 5.91 Å². The molecule has 3 aromatic rings. The van der Waals surface area contributed by atoms with Crippen LogP contribution in [0.5, 0.6) is 0 Å². The van der Waals surface area contributed by atoms with E-state index in [9.17, 15) is 9.18 Å². The standard InChI is InChI=1S/C21H21FN4O/c1-21(2,3)14-8-4-6-10-16(14)26-20(27)18-12-19(24-13-23-18)25-17-11-7-5-9-15(17)22/h4-13H,1-3H3,(H,26,27)(H,23,24,25). The first-order valence-corrected chi connectivity index (χ1v) is 8.59. The van der Waals surface area contributed by atoms with Crippen LogP contribution < -0.4 is 10.6 Å². The summed E-state index contributed by atoms with van der Waals surface area (Å²) < 4.78 is 13.8. The van der Waals surface area contributed by atoms with Gasteiger partial charge in [0.2, 0.25) is 0 Å². The van der Waals surface area contributed by atoms with Crippen LogP contribution in [0.2, 0.25) is 0 Å². The highest BCUT2D eigenvalue weighted by atomic mass is 19.1. The fraction of sp³-hybridized carbons (Fsp3) is 0.190. The monoisotopic (exact) mass is 364 g/mol. The van der Waals surface area contributed by atoms with Crippen molar-refractivity contribution in [2.75, 3.05) is 10.6 Å². The van der Waals surface area contributed by atoms with Crippen LogP contribution in [0, 0.1) is 5.82 Å². The predicted octanol–water partition coefficient (Wildman–Crippen LogP) is 4.91. The summed E-state index contributed by atoms with van der Waals surface area (Å²) in [5.41, 5.74) is 2.11. The molecular weight excluding hydrogens is 343 g/mol. The summed E-state index contributed by atoms with van der Waals surface area (Å²) in [6.07, 6.45) is 1.27. The number of amides is 1. The van der Waals surface area contributed by atoms with Gasteiger partial charge in [-0.2, -0.15) is 0 Å². The van der Waals surface area contributed by atoms with Crippen molar-refractivity contribution < 1.29 is 9.18 Å². The molecule has 0 spiro atoms. The third-order valence-electron chi connectivity index (χ3n) is 4.02. The number of nitrogens with one attached hydrogen (secondary N) is 2. The van der Waals surface area contributed by atoms with Gasteiger partial charge in [-0.3, -0.25) is 4.79 Å². The SMILES string of the molecule is CC(C)(C)c1ccccc1NC(=O)c1cc(Nc2ccccc2F)ncn1. The minimum Gasteiger partial charge on any atom is -0.338 e. The van der Waals surface area contributed by atoms with E-state index in [-0.39, 0.29) is 22.7 Å². The van der Waals surface area contributed by atoms with Gasteiger partial charge in [-0.25, -0.2) is 14.4 Å². The van der Waals surface area contributed by atoms with Gasteiger partial charge in [0.05, 0.1) is 5.69 Å². The first-order chi connectivity index (χ1) is 12.8. The van der Waals surface area contributed by atoms with Crippen molar-refractivity contribution in [1.29, 1.82) is 0 Å². The van der Waals surface area contributed by atoms with E-state index in [2.05, 4.69) is 41.4 Å². The van der Waals surface area contributed by atoms with Crippen molar-refractivity contribution in [1.82, 2.24) is 9.97 Å². The van der Waals surface area contributed by atoms with Crippen LogP contribution in [0.3, 0.4) is 0 Å². The van der Waals surface area contributed by atoms with E-state index in [0.29, 0.717) is 5.82 Å². The van der Waals surface area contributed by atoms with Crippen molar-refractivity contribution >= 4 is 23.1 Å². The highest BCUT2D eigenvalue weighted by Crippen LogP contribution is 2.29. The van der Waals surface area contributed by atoms with Gasteiger partial charge in [0.15, 0.2) is 0 Å². The maximum absolute atomic E-state index is 13.8. The molecule has 0 bridgehead atoms. The number of nitrogens with zero attached hydrogens (tertiary/aromatic N) is 2. The molecule has 2 aromatic carbocycles. The van der Waals surface area contributed by atoms with Crippen LogP contribution in [0.25, 0.3) is 0 Å². The zero-order chi connectivity index (χ0) is 19.4.